The fraction of sp³-hybridized carbons (Fsp3) is 0.182. The molecule has 2 aromatic carbocycles. The maximum Gasteiger partial charge on any atom is 0.335 e. The van der Waals surface area contributed by atoms with E-state index in [9.17, 15) is 15.0 Å². The maximum absolute atomic E-state index is 11.3. The van der Waals surface area contributed by atoms with Crippen molar-refractivity contribution in [2.75, 3.05) is 0 Å². The van der Waals surface area contributed by atoms with Crippen LogP contribution in [0.4, 0.5) is 0 Å². The van der Waals surface area contributed by atoms with E-state index in [1.54, 1.807) is 30.5 Å². The highest BCUT2D eigenvalue weighted by Crippen LogP contribution is 2.32. The Balaban J connectivity index is 1.99. The van der Waals surface area contributed by atoms with Gasteiger partial charge in [0.15, 0.2) is 0 Å². The smallest absolute Gasteiger partial charge is 0.335 e. The van der Waals surface area contributed by atoms with Crippen LogP contribution in [-0.2, 0) is 5.41 Å². The molecule has 0 aliphatic heterocycles. The Labute approximate surface area is 156 Å². The van der Waals surface area contributed by atoms with Crippen LogP contribution in [0.15, 0.2) is 54.7 Å². The third-order valence-electron chi connectivity index (χ3n) is 4.79. The molecule has 2 aromatic heterocycles. The summed E-state index contributed by atoms with van der Waals surface area (Å²) in [5.74, 6) is -0.857. The molecule has 2 heterocycles. The number of hydrogen-bond acceptors (Lipinski definition) is 3. The standard InChI is InChI=1S/C22H20N2O3/c1-22(2,3)15-7-4-13(5-8-15)20-19-11-16(25)12-24(19)18-9-6-14(21(26)27)10-17(18)23-20/h4-12,25H,1-3H3,(H,26,27). The Morgan fingerprint density at radius 1 is 1.00 bits per heavy atom. The molecule has 0 atom stereocenters. The van der Waals surface area contributed by atoms with Crippen LogP contribution in [-0.4, -0.2) is 25.6 Å². The number of carbonyl (C=O) groups is 1. The van der Waals surface area contributed by atoms with Crippen LogP contribution in [0, 0.1) is 0 Å². The molecule has 5 heteroatoms. The maximum atomic E-state index is 11.3. The summed E-state index contributed by atoms with van der Waals surface area (Å²) in [6.45, 7) is 6.48. The fourth-order valence-corrected chi connectivity index (χ4v) is 3.30. The van der Waals surface area contributed by atoms with E-state index in [2.05, 4.69) is 32.9 Å². The fourth-order valence-electron chi connectivity index (χ4n) is 3.30. The lowest BCUT2D eigenvalue weighted by molar-refractivity contribution is 0.0697. The van der Waals surface area contributed by atoms with Gasteiger partial charge in [-0.2, -0.15) is 0 Å². The van der Waals surface area contributed by atoms with E-state index in [0.717, 1.165) is 16.6 Å². The molecule has 0 saturated heterocycles. The van der Waals surface area contributed by atoms with Crippen molar-refractivity contribution in [3.05, 3.63) is 65.9 Å². The van der Waals surface area contributed by atoms with Crippen molar-refractivity contribution < 1.29 is 15.0 Å². The second kappa shape index (κ2) is 5.84. The van der Waals surface area contributed by atoms with E-state index in [1.807, 2.05) is 16.5 Å². The summed E-state index contributed by atoms with van der Waals surface area (Å²) in [5.41, 5.74) is 5.13. The highest BCUT2D eigenvalue weighted by Gasteiger charge is 2.16. The van der Waals surface area contributed by atoms with Crippen LogP contribution < -0.4 is 0 Å². The summed E-state index contributed by atoms with van der Waals surface area (Å²) in [6.07, 6.45) is 1.62. The minimum Gasteiger partial charge on any atom is -0.506 e. The predicted octanol–water partition coefficient (Wildman–Crippen LogP) is 4.86. The Morgan fingerprint density at radius 2 is 1.70 bits per heavy atom. The molecule has 0 fully saturated rings. The summed E-state index contributed by atoms with van der Waals surface area (Å²) in [6, 6.07) is 14.7. The van der Waals surface area contributed by atoms with Gasteiger partial charge < -0.3 is 14.6 Å². The lowest BCUT2D eigenvalue weighted by Crippen LogP contribution is -2.10. The van der Waals surface area contributed by atoms with Gasteiger partial charge in [0.25, 0.3) is 0 Å². The van der Waals surface area contributed by atoms with Crippen molar-refractivity contribution in [3.63, 3.8) is 0 Å². The SMILES string of the molecule is CC(C)(C)c1ccc(-c2nc3cc(C(=O)O)ccc3n3cc(O)cc23)cc1. The Morgan fingerprint density at radius 3 is 2.33 bits per heavy atom. The van der Waals surface area contributed by atoms with Gasteiger partial charge in [-0.15, -0.1) is 0 Å². The van der Waals surface area contributed by atoms with Gasteiger partial charge in [0.05, 0.1) is 34.0 Å². The number of carboxylic acid groups (broad SMARTS) is 1. The average molecular weight is 360 g/mol. The van der Waals surface area contributed by atoms with E-state index >= 15 is 0 Å². The molecular formula is C22H20N2O3. The van der Waals surface area contributed by atoms with Gasteiger partial charge in [-0.25, -0.2) is 9.78 Å². The first-order valence-electron chi connectivity index (χ1n) is 8.73. The van der Waals surface area contributed by atoms with Crippen LogP contribution in [0.3, 0.4) is 0 Å². The van der Waals surface area contributed by atoms with Crippen molar-refractivity contribution in [1.82, 2.24) is 9.38 Å². The zero-order valence-corrected chi connectivity index (χ0v) is 15.4. The highest BCUT2D eigenvalue weighted by molar-refractivity contribution is 5.95. The molecule has 27 heavy (non-hydrogen) atoms. The van der Waals surface area contributed by atoms with Gasteiger partial charge in [-0.3, -0.25) is 0 Å². The van der Waals surface area contributed by atoms with E-state index in [1.165, 1.54) is 5.56 Å². The minimum atomic E-state index is -0.995. The normalized spacial score (nSPS) is 12.0. The molecule has 0 bridgehead atoms. The monoisotopic (exact) mass is 360 g/mol. The summed E-state index contributed by atoms with van der Waals surface area (Å²) in [4.78, 5) is 16.1. The molecule has 0 unspecified atom stereocenters. The Bertz CT molecular complexity index is 1180. The Hall–Kier alpha value is -3.34. The predicted molar refractivity (Wildman–Crippen MR) is 105 cm³/mol. The number of aromatic nitrogens is 2. The molecule has 0 aliphatic carbocycles. The third kappa shape index (κ3) is 2.91. The number of aromatic carboxylic acids is 1. The first kappa shape index (κ1) is 17.1. The van der Waals surface area contributed by atoms with Crippen molar-refractivity contribution in [2.24, 2.45) is 0 Å². The van der Waals surface area contributed by atoms with Crippen LogP contribution in [0.2, 0.25) is 0 Å². The largest absolute Gasteiger partial charge is 0.506 e. The molecule has 0 aliphatic rings. The number of fused-ring (bicyclic) bond motifs is 3. The number of carboxylic acids is 1. The topological polar surface area (TPSA) is 74.8 Å². The van der Waals surface area contributed by atoms with Gasteiger partial charge in [-0.05, 0) is 29.2 Å². The van der Waals surface area contributed by atoms with E-state index < -0.39 is 5.97 Å². The van der Waals surface area contributed by atoms with Crippen LogP contribution in [0.25, 0.3) is 27.8 Å². The van der Waals surface area contributed by atoms with Gasteiger partial charge in [-0.1, -0.05) is 45.0 Å². The zero-order chi connectivity index (χ0) is 19.3. The van der Waals surface area contributed by atoms with Crippen LogP contribution in [0.1, 0.15) is 36.7 Å². The highest BCUT2D eigenvalue weighted by atomic mass is 16.4. The van der Waals surface area contributed by atoms with Gasteiger partial charge in [0.1, 0.15) is 5.75 Å². The quantitative estimate of drug-likeness (QED) is 0.535. The van der Waals surface area contributed by atoms with E-state index in [0.29, 0.717) is 11.2 Å². The van der Waals surface area contributed by atoms with Crippen molar-refractivity contribution in [3.8, 4) is 17.0 Å². The molecule has 0 spiro atoms. The summed E-state index contributed by atoms with van der Waals surface area (Å²) in [5, 5.41) is 19.3. The van der Waals surface area contributed by atoms with E-state index in [4.69, 9.17) is 4.98 Å². The molecule has 2 N–H and O–H groups in total. The molecule has 5 nitrogen and oxygen atoms in total. The second-order valence-electron chi connectivity index (χ2n) is 7.75. The molecule has 0 radical (unpaired) electrons. The van der Waals surface area contributed by atoms with Crippen LogP contribution >= 0.6 is 0 Å². The molecule has 136 valence electrons. The summed E-state index contributed by atoms with van der Waals surface area (Å²) in [7, 11) is 0. The van der Waals surface area contributed by atoms with Crippen LogP contribution in [0.5, 0.6) is 5.75 Å². The van der Waals surface area contributed by atoms with Crippen molar-refractivity contribution >= 4 is 22.5 Å². The van der Waals surface area contributed by atoms with Gasteiger partial charge in [0.2, 0.25) is 0 Å². The number of nitrogens with zero attached hydrogens (tertiary/aromatic N) is 2. The number of benzene rings is 2. The van der Waals surface area contributed by atoms with Crippen molar-refractivity contribution in [1.29, 1.82) is 0 Å². The van der Waals surface area contributed by atoms with Gasteiger partial charge in [0, 0.05) is 11.6 Å². The van der Waals surface area contributed by atoms with E-state index in [-0.39, 0.29) is 16.7 Å². The first-order valence-corrected chi connectivity index (χ1v) is 8.73. The number of hydrogen-bond donors (Lipinski definition) is 2. The van der Waals surface area contributed by atoms with Crippen molar-refractivity contribution in [2.45, 2.75) is 26.2 Å². The Kier molecular flexibility index (Phi) is 3.70. The number of rotatable bonds is 2. The molecule has 0 amide bonds. The lowest BCUT2D eigenvalue weighted by atomic mass is 9.86. The molecule has 4 aromatic rings. The molecular weight excluding hydrogens is 340 g/mol. The zero-order valence-electron chi connectivity index (χ0n) is 15.4. The molecule has 0 saturated carbocycles. The second-order valence-corrected chi connectivity index (χ2v) is 7.75. The number of aromatic hydroxyl groups is 1. The summed E-state index contributed by atoms with van der Waals surface area (Å²) < 4.78 is 1.84. The first-order chi connectivity index (χ1) is 12.7. The lowest BCUT2D eigenvalue weighted by Gasteiger charge is -2.19. The minimum absolute atomic E-state index is 0.0500. The summed E-state index contributed by atoms with van der Waals surface area (Å²) >= 11 is 0. The molecule has 4 rings (SSSR count). The average Bonchev–Trinajstić information content (AvgIpc) is 3.01. The van der Waals surface area contributed by atoms with Gasteiger partial charge >= 0.3 is 5.97 Å². The third-order valence-corrected chi connectivity index (χ3v) is 4.79.